The van der Waals surface area contributed by atoms with Crippen molar-refractivity contribution in [2.45, 2.75) is 62.7 Å². The molecule has 0 amide bonds. The van der Waals surface area contributed by atoms with Crippen LogP contribution in [-0.2, 0) is 22.9 Å². The van der Waals surface area contributed by atoms with E-state index in [1.54, 1.807) is 22.5 Å². The minimum Gasteiger partial charge on any atom is -0.507 e. The second-order valence-electron chi connectivity index (χ2n) is 9.02. The largest absolute Gasteiger partial charge is 0.507 e. The molecule has 0 radical (unpaired) electrons. The quantitative estimate of drug-likeness (QED) is 0.677. The Bertz CT molecular complexity index is 1180. The van der Waals surface area contributed by atoms with Crippen molar-refractivity contribution in [2.24, 2.45) is 0 Å². The zero-order valence-electron chi connectivity index (χ0n) is 18.0. The molecule has 2 aliphatic carbocycles. The number of phenols is 1. The first-order valence-corrected chi connectivity index (χ1v) is 12.9. The number of anilines is 1. The van der Waals surface area contributed by atoms with Crippen LogP contribution in [0.25, 0.3) is 11.3 Å². The van der Waals surface area contributed by atoms with Crippen molar-refractivity contribution in [3.63, 3.8) is 0 Å². The molecule has 7 nitrogen and oxygen atoms in total. The maximum atomic E-state index is 12.7. The van der Waals surface area contributed by atoms with Gasteiger partial charge in [0.1, 0.15) is 11.4 Å². The number of nitrogens with zero attached hydrogens (tertiary/aromatic N) is 3. The molecule has 2 heterocycles. The molecule has 3 aliphatic rings. The Hall–Kier alpha value is -2.63. The van der Waals surface area contributed by atoms with Crippen LogP contribution in [0.2, 0.25) is 0 Å². The van der Waals surface area contributed by atoms with E-state index in [2.05, 4.69) is 21.4 Å². The molecule has 0 spiro atoms. The van der Waals surface area contributed by atoms with Crippen molar-refractivity contribution in [3.05, 3.63) is 34.9 Å². The highest BCUT2D eigenvalue weighted by Gasteiger charge is 2.41. The number of terminal acetylenes is 1. The van der Waals surface area contributed by atoms with Crippen molar-refractivity contribution in [3.8, 4) is 29.4 Å². The van der Waals surface area contributed by atoms with E-state index in [0.29, 0.717) is 29.9 Å². The molecule has 1 atom stereocenters. The van der Waals surface area contributed by atoms with Gasteiger partial charge in [-0.2, -0.15) is 4.31 Å². The molecule has 2 aromatic rings. The number of fused-ring (bicyclic) bond motifs is 1. The first kappa shape index (κ1) is 21.2. The van der Waals surface area contributed by atoms with Crippen LogP contribution in [0.15, 0.2) is 18.2 Å². The van der Waals surface area contributed by atoms with Gasteiger partial charge in [0, 0.05) is 35.8 Å². The Morgan fingerprint density at radius 1 is 1.09 bits per heavy atom. The fraction of sp³-hybridized carbons (Fsp3) is 0.500. The van der Waals surface area contributed by atoms with Crippen molar-refractivity contribution in [1.29, 1.82) is 0 Å². The van der Waals surface area contributed by atoms with Gasteiger partial charge < -0.3 is 10.4 Å². The molecule has 0 bridgehead atoms. The van der Waals surface area contributed by atoms with E-state index in [-0.39, 0.29) is 17.0 Å². The summed E-state index contributed by atoms with van der Waals surface area (Å²) in [5.74, 6) is 3.39. The molecular formula is C24H28N4O3S. The topological polar surface area (TPSA) is 95.4 Å². The molecule has 1 saturated heterocycles. The van der Waals surface area contributed by atoms with Gasteiger partial charge in [0.25, 0.3) is 0 Å². The van der Waals surface area contributed by atoms with E-state index in [1.165, 1.54) is 0 Å². The normalized spacial score (nSPS) is 21.5. The standard InChI is InChI=1S/C24H28N4O3S/c1-2-16-9-12-21(22(29)14-16)23-19-7-3-4-8-20(19)24(27-26-23)25-17-6-5-13-28(15-17)32(30,31)18-10-11-18/h1,9,12,14,17-18,29H,3-8,10-11,13,15H2,(H,25,27)/t17-/m1/s1. The van der Waals surface area contributed by atoms with Gasteiger partial charge in [-0.15, -0.1) is 16.6 Å². The molecule has 2 fully saturated rings. The number of aromatic nitrogens is 2. The number of hydrogen-bond donors (Lipinski definition) is 2. The molecule has 1 aromatic heterocycles. The summed E-state index contributed by atoms with van der Waals surface area (Å²) in [4.78, 5) is 0. The van der Waals surface area contributed by atoms with Crippen LogP contribution >= 0.6 is 0 Å². The molecular weight excluding hydrogens is 424 g/mol. The second-order valence-corrected chi connectivity index (χ2v) is 11.2. The number of piperidine rings is 1. The summed E-state index contributed by atoms with van der Waals surface area (Å²) in [6.07, 6.45) is 12.7. The number of aromatic hydroxyl groups is 1. The molecule has 8 heteroatoms. The van der Waals surface area contributed by atoms with Gasteiger partial charge in [-0.3, -0.25) is 0 Å². The third-order valence-electron chi connectivity index (χ3n) is 6.74. The summed E-state index contributed by atoms with van der Waals surface area (Å²) in [7, 11) is -3.17. The predicted molar refractivity (Wildman–Crippen MR) is 124 cm³/mol. The summed E-state index contributed by atoms with van der Waals surface area (Å²) < 4.78 is 27.0. The highest BCUT2D eigenvalue weighted by atomic mass is 32.2. The average Bonchev–Trinajstić information content (AvgIpc) is 3.66. The first-order chi connectivity index (χ1) is 15.5. The zero-order chi connectivity index (χ0) is 22.3. The maximum absolute atomic E-state index is 12.7. The van der Waals surface area contributed by atoms with E-state index in [4.69, 9.17) is 6.42 Å². The Morgan fingerprint density at radius 2 is 1.88 bits per heavy atom. The predicted octanol–water partition coefficient (Wildman–Crippen LogP) is 3.08. The van der Waals surface area contributed by atoms with Gasteiger partial charge >= 0.3 is 0 Å². The third-order valence-corrected chi connectivity index (χ3v) is 9.10. The molecule has 1 aliphatic heterocycles. The van der Waals surface area contributed by atoms with Gasteiger partial charge in [0.05, 0.1) is 5.25 Å². The lowest BCUT2D eigenvalue weighted by Crippen LogP contribution is -2.46. The fourth-order valence-electron chi connectivity index (χ4n) is 4.86. The lowest BCUT2D eigenvalue weighted by atomic mass is 9.88. The van der Waals surface area contributed by atoms with E-state index < -0.39 is 10.0 Å². The van der Waals surface area contributed by atoms with E-state index in [1.807, 2.05) is 0 Å². The second kappa shape index (κ2) is 8.38. The van der Waals surface area contributed by atoms with Gasteiger partial charge in [0.15, 0.2) is 5.82 Å². The van der Waals surface area contributed by atoms with Gasteiger partial charge in [-0.05, 0) is 75.1 Å². The Kier molecular flexibility index (Phi) is 5.56. The summed E-state index contributed by atoms with van der Waals surface area (Å²) in [6, 6.07) is 5.20. The number of benzene rings is 1. The summed E-state index contributed by atoms with van der Waals surface area (Å²) in [5.41, 5.74) is 4.20. The van der Waals surface area contributed by atoms with Crippen LogP contribution in [0.3, 0.4) is 0 Å². The first-order valence-electron chi connectivity index (χ1n) is 11.4. The smallest absolute Gasteiger partial charge is 0.217 e. The molecule has 1 saturated carbocycles. The zero-order valence-corrected chi connectivity index (χ0v) is 18.9. The maximum Gasteiger partial charge on any atom is 0.217 e. The fourth-order valence-corrected chi connectivity index (χ4v) is 6.79. The van der Waals surface area contributed by atoms with Crippen LogP contribution in [0.5, 0.6) is 5.75 Å². The van der Waals surface area contributed by atoms with Crippen molar-refractivity contribution in [1.82, 2.24) is 14.5 Å². The van der Waals surface area contributed by atoms with Crippen molar-refractivity contribution < 1.29 is 13.5 Å². The average molecular weight is 453 g/mol. The van der Waals surface area contributed by atoms with E-state index in [0.717, 1.165) is 68.3 Å². The molecule has 32 heavy (non-hydrogen) atoms. The van der Waals surface area contributed by atoms with Gasteiger partial charge in [-0.25, -0.2) is 8.42 Å². The minimum absolute atomic E-state index is 0.0202. The van der Waals surface area contributed by atoms with Crippen LogP contribution < -0.4 is 5.32 Å². The number of rotatable bonds is 5. The minimum atomic E-state index is -3.17. The number of hydrogen-bond acceptors (Lipinski definition) is 6. The Balaban J connectivity index is 1.43. The van der Waals surface area contributed by atoms with Crippen molar-refractivity contribution in [2.75, 3.05) is 18.4 Å². The van der Waals surface area contributed by atoms with Crippen LogP contribution in [0.4, 0.5) is 5.82 Å². The summed E-state index contributed by atoms with van der Waals surface area (Å²) in [5, 5.41) is 22.9. The SMILES string of the molecule is C#Cc1ccc(-c2nnc(N[C@@H]3CCCN(S(=O)(=O)C4CC4)C3)c3c2CCCC3)c(O)c1. The highest BCUT2D eigenvalue weighted by Crippen LogP contribution is 2.38. The number of sulfonamides is 1. The lowest BCUT2D eigenvalue weighted by Gasteiger charge is -2.33. The van der Waals surface area contributed by atoms with Crippen LogP contribution in [-0.4, -0.2) is 52.4 Å². The Labute approximate surface area is 189 Å². The van der Waals surface area contributed by atoms with Crippen LogP contribution in [0, 0.1) is 12.3 Å². The Morgan fingerprint density at radius 3 is 2.59 bits per heavy atom. The number of phenolic OH excluding ortho intramolecular Hbond substituents is 1. The third kappa shape index (κ3) is 3.96. The molecule has 168 valence electrons. The van der Waals surface area contributed by atoms with E-state index >= 15 is 0 Å². The molecule has 5 rings (SSSR count). The lowest BCUT2D eigenvalue weighted by molar-refractivity contribution is 0.326. The summed E-state index contributed by atoms with van der Waals surface area (Å²) in [6.45, 7) is 1.08. The monoisotopic (exact) mass is 452 g/mol. The van der Waals surface area contributed by atoms with Gasteiger partial charge in [0.2, 0.25) is 10.0 Å². The van der Waals surface area contributed by atoms with Crippen molar-refractivity contribution >= 4 is 15.8 Å². The van der Waals surface area contributed by atoms with Crippen LogP contribution in [0.1, 0.15) is 55.2 Å². The molecule has 2 N–H and O–H groups in total. The molecule has 1 aromatic carbocycles. The summed E-state index contributed by atoms with van der Waals surface area (Å²) >= 11 is 0. The van der Waals surface area contributed by atoms with E-state index in [9.17, 15) is 13.5 Å². The number of nitrogens with one attached hydrogen (secondary N) is 1. The molecule has 0 unspecified atom stereocenters. The van der Waals surface area contributed by atoms with Gasteiger partial charge in [-0.1, -0.05) is 5.92 Å². The highest BCUT2D eigenvalue weighted by molar-refractivity contribution is 7.90.